The number of aliphatic hydroxyl groups excluding tert-OH is 1. The van der Waals surface area contributed by atoms with E-state index in [1.165, 1.54) is 19.4 Å². The number of hydrogen-bond donors (Lipinski definition) is 8. The number of amides is 3. The maximum absolute atomic E-state index is 13.2. The van der Waals surface area contributed by atoms with Crippen LogP contribution in [0.25, 0.3) is 10.9 Å². The van der Waals surface area contributed by atoms with Crippen LogP contribution < -0.4 is 21.7 Å². The molecule has 0 aliphatic rings. The van der Waals surface area contributed by atoms with Crippen LogP contribution >= 0.6 is 0 Å². The number of carbonyl (C=O) groups is 4. The lowest BCUT2D eigenvalue weighted by molar-refractivity contribution is -0.142. The lowest BCUT2D eigenvalue weighted by Gasteiger charge is -2.29. The van der Waals surface area contributed by atoms with E-state index in [4.69, 9.17) is 5.73 Å². The Kier molecular flexibility index (Phi) is 10.4. The van der Waals surface area contributed by atoms with Gasteiger partial charge in [0.1, 0.15) is 18.1 Å². The Balaban J connectivity index is 1.68. The minimum Gasteiger partial charge on any atom is -0.480 e. The number of fused-ring (bicyclic) bond motifs is 1. The highest BCUT2D eigenvalue weighted by Gasteiger charge is 2.34. The smallest absolute Gasteiger partial charge is 0.326 e. The zero-order chi connectivity index (χ0) is 29.4. The van der Waals surface area contributed by atoms with Gasteiger partial charge in [0.15, 0.2) is 0 Å². The van der Waals surface area contributed by atoms with Gasteiger partial charge in [0.25, 0.3) is 0 Å². The van der Waals surface area contributed by atoms with Crippen molar-refractivity contribution >= 4 is 34.6 Å². The molecule has 0 aliphatic heterocycles. The monoisotopic (exact) mass is 555 g/mol. The van der Waals surface area contributed by atoms with Crippen LogP contribution in [0.15, 0.2) is 43.0 Å². The predicted octanol–water partition coefficient (Wildman–Crippen LogP) is -0.0306. The number of carboxylic acid groups (broad SMARTS) is 1. The number of carboxylic acids is 1. The molecule has 0 fully saturated rings. The van der Waals surface area contributed by atoms with E-state index in [0.29, 0.717) is 12.1 Å². The molecule has 3 aromatic rings. The number of nitrogens with two attached hydrogens (primary N) is 1. The average molecular weight is 556 g/mol. The molecule has 216 valence electrons. The second-order valence-electron chi connectivity index (χ2n) is 9.95. The number of imidazole rings is 1. The lowest BCUT2D eigenvalue weighted by Crippen LogP contribution is -2.61. The van der Waals surface area contributed by atoms with E-state index in [9.17, 15) is 29.4 Å². The van der Waals surface area contributed by atoms with Crippen molar-refractivity contribution in [2.45, 2.75) is 70.3 Å². The van der Waals surface area contributed by atoms with Crippen LogP contribution in [0.1, 0.15) is 38.4 Å². The molecular weight excluding hydrogens is 518 g/mol. The molecule has 9 N–H and O–H groups in total. The van der Waals surface area contributed by atoms with E-state index in [-0.39, 0.29) is 18.8 Å². The number of H-pyrrole nitrogens is 2. The molecule has 0 aliphatic carbocycles. The quantitative estimate of drug-likeness (QED) is 0.135. The maximum Gasteiger partial charge on any atom is 0.326 e. The Morgan fingerprint density at radius 2 is 1.65 bits per heavy atom. The van der Waals surface area contributed by atoms with Crippen molar-refractivity contribution in [3.8, 4) is 0 Å². The maximum atomic E-state index is 13.2. The third-order valence-electron chi connectivity index (χ3n) is 6.90. The molecule has 1 aromatic carbocycles. The third-order valence-corrected chi connectivity index (χ3v) is 6.90. The fraction of sp³-hybridized carbons (Fsp3) is 0.444. The van der Waals surface area contributed by atoms with Gasteiger partial charge in [0, 0.05) is 35.4 Å². The molecule has 2 heterocycles. The minimum atomic E-state index is -1.40. The van der Waals surface area contributed by atoms with Gasteiger partial charge in [-0.2, -0.15) is 0 Å². The van der Waals surface area contributed by atoms with Gasteiger partial charge >= 0.3 is 5.97 Å². The topological polar surface area (TPSA) is 215 Å². The Hall–Kier alpha value is -4.23. The van der Waals surface area contributed by atoms with Crippen LogP contribution in [-0.4, -0.2) is 79.1 Å². The van der Waals surface area contributed by atoms with Gasteiger partial charge in [0.05, 0.1) is 18.5 Å². The zero-order valence-electron chi connectivity index (χ0n) is 22.7. The molecule has 0 saturated carbocycles. The molecule has 6 atom stereocenters. The summed E-state index contributed by atoms with van der Waals surface area (Å²) in [5, 5.41) is 28.4. The summed E-state index contributed by atoms with van der Waals surface area (Å²) in [5.41, 5.74) is 8.38. The molecule has 13 heteroatoms. The number of carbonyl (C=O) groups excluding carboxylic acids is 3. The van der Waals surface area contributed by atoms with Crippen molar-refractivity contribution in [1.29, 1.82) is 0 Å². The number of nitrogens with zero attached hydrogens (tertiary/aromatic N) is 1. The molecular formula is C27H37N7O6. The Labute approximate surface area is 231 Å². The highest BCUT2D eigenvalue weighted by atomic mass is 16.4. The van der Waals surface area contributed by atoms with E-state index >= 15 is 0 Å². The van der Waals surface area contributed by atoms with Crippen molar-refractivity contribution in [3.63, 3.8) is 0 Å². The van der Waals surface area contributed by atoms with Gasteiger partial charge in [-0.15, -0.1) is 0 Å². The molecule has 3 rings (SSSR count). The standard InChI is InChI=1S/C27H37N7O6/c1-4-14(2)22(25(37)32-21(27(39)40)10-17-12-29-13-31-17)33-26(38)23(15(3)35)34-24(36)19(28)9-16-11-30-20-8-6-5-7-18(16)20/h5-8,11-15,19,21-23,30,35H,4,9-10,28H2,1-3H3,(H,29,31)(H,32,37)(H,33,38)(H,34,36)(H,39,40)/t14-,15+,19-,21-,22-,23-/m0/s1. The third kappa shape index (κ3) is 7.67. The van der Waals surface area contributed by atoms with E-state index < -0.39 is 54.0 Å². The number of aliphatic hydroxyl groups is 1. The normalized spacial score (nSPS) is 15.8. The summed E-state index contributed by atoms with van der Waals surface area (Å²) in [6.45, 7) is 4.87. The Morgan fingerprint density at radius 3 is 2.27 bits per heavy atom. The first-order valence-corrected chi connectivity index (χ1v) is 13.1. The van der Waals surface area contributed by atoms with Gasteiger partial charge in [-0.3, -0.25) is 14.4 Å². The number of hydrogen-bond acceptors (Lipinski definition) is 7. The summed E-state index contributed by atoms with van der Waals surface area (Å²) in [6.07, 6.45) is 3.94. The SMILES string of the molecule is CC[C@H](C)[C@H](NC(=O)[C@@H](NC(=O)[C@@H](N)Cc1c[nH]c2ccccc12)[C@@H](C)O)C(=O)N[C@@H](Cc1cnc[nH]1)C(=O)O. The van der Waals surface area contributed by atoms with Gasteiger partial charge < -0.3 is 41.9 Å². The van der Waals surface area contributed by atoms with Gasteiger partial charge in [-0.1, -0.05) is 38.5 Å². The fourth-order valence-electron chi connectivity index (χ4n) is 4.32. The number of aromatic nitrogens is 3. The predicted molar refractivity (Wildman–Crippen MR) is 147 cm³/mol. The fourth-order valence-corrected chi connectivity index (χ4v) is 4.32. The van der Waals surface area contributed by atoms with Crippen molar-refractivity contribution in [3.05, 3.63) is 54.2 Å². The van der Waals surface area contributed by atoms with Crippen LogP contribution in [0.2, 0.25) is 0 Å². The van der Waals surface area contributed by atoms with Crippen molar-refractivity contribution in [2.24, 2.45) is 11.7 Å². The van der Waals surface area contributed by atoms with Crippen LogP contribution in [0.5, 0.6) is 0 Å². The number of aliphatic carboxylic acids is 1. The summed E-state index contributed by atoms with van der Waals surface area (Å²) in [5.74, 6) is -3.80. The van der Waals surface area contributed by atoms with Gasteiger partial charge in [-0.05, 0) is 30.9 Å². The number of aromatic amines is 2. The van der Waals surface area contributed by atoms with E-state index in [0.717, 1.165) is 16.5 Å². The molecule has 0 unspecified atom stereocenters. The Morgan fingerprint density at radius 1 is 0.975 bits per heavy atom. The van der Waals surface area contributed by atoms with Crippen molar-refractivity contribution in [2.75, 3.05) is 0 Å². The van der Waals surface area contributed by atoms with E-state index in [1.54, 1.807) is 13.1 Å². The summed E-state index contributed by atoms with van der Waals surface area (Å²) in [7, 11) is 0. The second-order valence-corrected chi connectivity index (χ2v) is 9.95. The van der Waals surface area contributed by atoms with Crippen LogP contribution in [0.3, 0.4) is 0 Å². The molecule has 3 amide bonds. The van der Waals surface area contributed by atoms with Gasteiger partial charge in [-0.25, -0.2) is 9.78 Å². The van der Waals surface area contributed by atoms with Crippen molar-refractivity contribution < 1.29 is 29.4 Å². The lowest BCUT2D eigenvalue weighted by atomic mass is 9.96. The van der Waals surface area contributed by atoms with Crippen molar-refractivity contribution in [1.82, 2.24) is 30.9 Å². The molecule has 40 heavy (non-hydrogen) atoms. The average Bonchev–Trinajstić information content (AvgIpc) is 3.59. The van der Waals surface area contributed by atoms with Crippen LogP contribution in [0, 0.1) is 5.92 Å². The van der Waals surface area contributed by atoms with E-state index in [2.05, 4.69) is 30.9 Å². The number of rotatable bonds is 14. The first-order chi connectivity index (χ1) is 19.0. The highest BCUT2D eigenvalue weighted by Crippen LogP contribution is 2.19. The largest absolute Gasteiger partial charge is 0.480 e. The minimum absolute atomic E-state index is 0.0388. The number of nitrogens with one attached hydrogen (secondary N) is 5. The molecule has 13 nitrogen and oxygen atoms in total. The Bertz CT molecular complexity index is 1310. The number of benzene rings is 1. The summed E-state index contributed by atoms with van der Waals surface area (Å²) in [4.78, 5) is 60.8. The molecule has 0 radical (unpaired) electrons. The van der Waals surface area contributed by atoms with Gasteiger partial charge in [0.2, 0.25) is 17.7 Å². The summed E-state index contributed by atoms with van der Waals surface area (Å²) < 4.78 is 0. The zero-order valence-corrected chi connectivity index (χ0v) is 22.7. The first-order valence-electron chi connectivity index (χ1n) is 13.1. The molecule has 0 saturated heterocycles. The summed E-state index contributed by atoms with van der Waals surface area (Å²) >= 11 is 0. The highest BCUT2D eigenvalue weighted by molar-refractivity contribution is 5.95. The molecule has 0 bridgehead atoms. The molecule has 2 aromatic heterocycles. The number of para-hydroxylation sites is 1. The second kappa shape index (κ2) is 13.7. The summed E-state index contributed by atoms with van der Waals surface area (Å²) in [6, 6.07) is 2.75. The van der Waals surface area contributed by atoms with E-state index in [1.807, 2.05) is 31.2 Å². The van der Waals surface area contributed by atoms with Crippen LogP contribution in [0.4, 0.5) is 0 Å². The molecule has 0 spiro atoms. The van der Waals surface area contributed by atoms with Crippen LogP contribution in [-0.2, 0) is 32.0 Å². The first kappa shape index (κ1) is 30.3.